The van der Waals surface area contributed by atoms with E-state index in [-0.39, 0.29) is 24.1 Å². The van der Waals surface area contributed by atoms with Crippen LogP contribution in [0.1, 0.15) is 30.9 Å². The van der Waals surface area contributed by atoms with Crippen LogP contribution >= 0.6 is 0 Å². The summed E-state index contributed by atoms with van der Waals surface area (Å²) >= 11 is 0. The fourth-order valence-electron chi connectivity index (χ4n) is 2.84. The molecule has 1 atom stereocenters. The third-order valence-electron chi connectivity index (χ3n) is 4.03. The molecule has 2 rings (SSSR count). The lowest BCUT2D eigenvalue weighted by Crippen LogP contribution is -2.31. The minimum atomic E-state index is -3.10. The zero-order valence-electron chi connectivity index (χ0n) is 13.4. The summed E-state index contributed by atoms with van der Waals surface area (Å²) in [5, 5.41) is 0. The highest BCUT2D eigenvalue weighted by Crippen LogP contribution is 2.33. The maximum absolute atomic E-state index is 12.3. The number of amides is 1. The summed E-state index contributed by atoms with van der Waals surface area (Å²) in [4.78, 5) is 16.2. The first-order valence-corrected chi connectivity index (χ1v) is 9.58. The number of carbonyl (C=O) groups excluding carboxylic acids is 1. The molecule has 6 heteroatoms. The summed E-state index contributed by atoms with van der Waals surface area (Å²) in [6, 6.07) is 8.25. The van der Waals surface area contributed by atoms with Gasteiger partial charge in [-0.3, -0.25) is 4.79 Å². The first kappa shape index (κ1) is 16.8. The molecule has 0 N–H and O–H groups in total. The van der Waals surface area contributed by atoms with Crippen LogP contribution in [-0.4, -0.2) is 51.9 Å². The number of hydrogen-bond acceptors (Lipinski definition) is 4. The highest BCUT2D eigenvalue weighted by atomic mass is 32.2. The number of likely N-dealkylation sites (tertiary alicyclic amines) is 1. The Labute approximate surface area is 132 Å². The van der Waals surface area contributed by atoms with Crippen molar-refractivity contribution < 1.29 is 13.2 Å². The average Bonchev–Trinajstić information content (AvgIpc) is 2.93. The Bertz CT molecular complexity index is 641. The number of benzene rings is 1. The highest BCUT2D eigenvalue weighted by molar-refractivity contribution is 7.90. The van der Waals surface area contributed by atoms with Crippen molar-refractivity contribution in [2.75, 3.05) is 37.5 Å². The number of nitrogens with zero attached hydrogens (tertiary/aromatic N) is 2. The van der Waals surface area contributed by atoms with E-state index in [0.29, 0.717) is 6.54 Å². The van der Waals surface area contributed by atoms with Gasteiger partial charge in [0.1, 0.15) is 9.84 Å². The van der Waals surface area contributed by atoms with Crippen LogP contribution in [-0.2, 0) is 14.6 Å². The highest BCUT2D eigenvalue weighted by Gasteiger charge is 2.30. The van der Waals surface area contributed by atoms with Crippen molar-refractivity contribution in [1.29, 1.82) is 0 Å². The van der Waals surface area contributed by atoms with E-state index in [1.807, 2.05) is 42.1 Å². The molecule has 0 aliphatic carbocycles. The van der Waals surface area contributed by atoms with Gasteiger partial charge in [-0.15, -0.1) is 0 Å². The van der Waals surface area contributed by atoms with Crippen molar-refractivity contribution in [3.05, 3.63) is 29.8 Å². The Morgan fingerprint density at radius 2 is 2.09 bits per heavy atom. The monoisotopic (exact) mass is 324 g/mol. The first-order chi connectivity index (χ1) is 10.3. The smallest absolute Gasteiger partial charge is 0.224 e. The summed E-state index contributed by atoms with van der Waals surface area (Å²) in [5.74, 6) is -0.143. The first-order valence-electron chi connectivity index (χ1n) is 7.52. The van der Waals surface area contributed by atoms with Crippen molar-refractivity contribution in [2.45, 2.75) is 25.3 Å². The lowest BCUT2D eigenvalue weighted by atomic mass is 10.0. The molecule has 1 aliphatic heterocycles. The van der Waals surface area contributed by atoms with Crippen LogP contribution in [0, 0.1) is 0 Å². The second-order valence-corrected chi connectivity index (χ2v) is 8.37. The molecule has 1 aliphatic rings. The van der Waals surface area contributed by atoms with Gasteiger partial charge in [-0.2, -0.15) is 0 Å². The molecule has 22 heavy (non-hydrogen) atoms. The Morgan fingerprint density at radius 1 is 1.36 bits per heavy atom. The molecule has 0 saturated carbocycles. The minimum absolute atomic E-state index is 0.0620. The fourth-order valence-corrected chi connectivity index (χ4v) is 3.38. The second kappa shape index (κ2) is 6.69. The Kier molecular flexibility index (Phi) is 5.11. The molecule has 0 bridgehead atoms. The van der Waals surface area contributed by atoms with Crippen LogP contribution < -0.4 is 4.90 Å². The standard InChI is InChI=1S/C16H24N2O3S/c1-17(2)14-7-4-6-13(12-14)15-8-5-10-18(15)16(19)9-11-22(3,20)21/h4,6-7,12,15H,5,8-11H2,1-3H3/t15-/m1/s1. The minimum Gasteiger partial charge on any atom is -0.378 e. The van der Waals surface area contributed by atoms with Gasteiger partial charge in [-0.05, 0) is 30.5 Å². The predicted octanol–water partition coefficient (Wildman–Crippen LogP) is 1.85. The van der Waals surface area contributed by atoms with Crippen LogP contribution in [0.3, 0.4) is 0 Å². The lowest BCUT2D eigenvalue weighted by molar-refractivity contribution is -0.131. The third kappa shape index (κ3) is 4.22. The number of sulfone groups is 1. The number of carbonyl (C=O) groups is 1. The molecule has 122 valence electrons. The van der Waals surface area contributed by atoms with Crippen LogP contribution in [0.4, 0.5) is 5.69 Å². The summed E-state index contributed by atoms with van der Waals surface area (Å²) < 4.78 is 22.5. The van der Waals surface area contributed by atoms with Crippen molar-refractivity contribution in [3.63, 3.8) is 0 Å². The van der Waals surface area contributed by atoms with Gasteiger partial charge < -0.3 is 9.80 Å². The van der Waals surface area contributed by atoms with Crippen LogP contribution in [0.25, 0.3) is 0 Å². The largest absolute Gasteiger partial charge is 0.378 e. The van der Waals surface area contributed by atoms with Gasteiger partial charge in [-0.25, -0.2) is 8.42 Å². The van der Waals surface area contributed by atoms with E-state index in [1.54, 1.807) is 0 Å². The summed E-state index contributed by atoms with van der Waals surface area (Å²) in [6.07, 6.45) is 3.13. The van der Waals surface area contributed by atoms with E-state index in [1.165, 1.54) is 6.26 Å². The molecule has 0 unspecified atom stereocenters. The van der Waals surface area contributed by atoms with E-state index >= 15 is 0 Å². The van der Waals surface area contributed by atoms with E-state index in [0.717, 1.165) is 24.1 Å². The van der Waals surface area contributed by atoms with Crippen molar-refractivity contribution in [3.8, 4) is 0 Å². The number of rotatable bonds is 5. The van der Waals surface area contributed by atoms with Gasteiger partial charge in [0, 0.05) is 39.0 Å². The summed E-state index contributed by atoms with van der Waals surface area (Å²) in [5.41, 5.74) is 2.23. The van der Waals surface area contributed by atoms with Gasteiger partial charge in [0.15, 0.2) is 0 Å². The normalized spacial score (nSPS) is 18.5. The lowest BCUT2D eigenvalue weighted by Gasteiger charge is -2.26. The predicted molar refractivity (Wildman–Crippen MR) is 88.8 cm³/mol. The Morgan fingerprint density at radius 3 is 2.73 bits per heavy atom. The zero-order chi connectivity index (χ0) is 16.3. The summed E-state index contributed by atoms with van der Waals surface area (Å²) in [7, 11) is 0.875. The molecule has 1 aromatic rings. The molecule has 1 aromatic carbocycles. The molecule has 0 spiro atoms. The second-order valence-electron chi connectivity index (χ2n) is 6.11. The number of anilines is 1. The fraction of sp³-hybridized carbons (Fsp3) is 0.562. The van der Waals surface area contributed by atoms with Gasteiger partial charge in [0.05, 0.1) is 11.8 Å². The van der Waals surface area contributed by atoms with E-state index in [4.69, 9.17) is 0 Å². The van der Waals surface area contributed by atoms with Gasteiger partial charge in [0.25, 0.3) is 0 Å². The maximum atomic E-state index is 12.3. The molecule has 1 amide bonds. The van der Waals surface area contributed by atoms with Crippen molar-refractivity contribution in [1.82, 2.24) is 4.90 Å². The van der Waals surface area contributed by atoms with Crippen molar-refractivity contribution in [2.24, 2.45) is 0 Å². The van der Waals surface area contributed by atoms with Gasteiger partial charge >= 0.3 is 0 Å². The topological polar surface area (TPSA) is 57.7 Å². The molecule has 0 radical (unpaired) electrons. The van der Waals surface area contributed by atoms with Gasteiger partial charge in [-0.1, -0.05) is 12.1 Å². The number of hydrogen-bond donors (Lipinski definition) is 0. The molecule has 5 nitrogen and oxygen atoms in total. The Balaban J connectivity index is 2.13. The van der Waals surface area contributed by atoms with E-state index < -0.39 is 9.84 Å². The van der Waals surface area contributed by atoms with Crippen LogP contribution in [0.15, 0.2) is 24.3 Å². The molecular weight excluding hydrogens is 300 g/mol. The summed E-state index contributed by atoms with van der Waals surface area (Å²) in [6.45, 7) is 0.708. The Hall–Kier alpha value is -1.56. The third-order valence-corrected chi connectivity index (χ3v) is 4.98. The SMILES string of the molecule is CN(C)c1cccc([C@H]2CCCN2C(=O)CCS(C)(=O)=O)c1. The zero-order valence-corrected chi connectivity index (χ0v) is 14.3. The quantitative estimate of drug-likeness (QED) is 0.829. The van der Waals surface area contributed by atoms with E-state index in [9.17, 15) is 13.2 Å². The van der Waals surface area contributed by atoms with Gasteiger partial charge in [0.2, 0.25) is 5.91 Å². The average molecular weight is 324 g/mol. The molecule has 0 aromatic heterocycles. The molecular formula is C16H24N2O3S. The van der Waals surface area contributed by atoms with Crippen LogP contribution in [0.2, 0.25) is 0 Å². The molecule has 1 fully saturated rings. The van der Waals surface area contributed by atoms with E-state index in [2.05, 4.69) is 6.07 Å². The maximum Gasteiger partial charge on any atom is 0.224 e. The molecule has 1 heterocycles. The van der Waals surface area contributed by atoms with Crippen molar-refractivity contribution >= 4 is 21.4 Å². The van der Waals surface area contributed by atoms with Crippen LogP contribution in [0.5, 0.6) is 0 Å². The molecule has 1 saturated heterocycles.